The SMILES string of the molecule is [2H][13C]([2H])(O)[13C]1([2H])O[13C@@]([2H])(O)[13C]([2H])(O)[13C@@]([2H])(O)[13C@]1([2H])O. The second-order valence-electron chi connectivity index (χ2n) is 1.89. The molecule has 72 valence electrons. The summed E-state index contributed by atoms with van der Waals surface area (Å²) in [7, 11) is 0. The topological polar surface area (TPSA) is 110 Å². The molecule has 1 saturated heterocycles. The zero-order valence-corrected chi connectivity index (χ0v) is 5.64. The maximum atomic E-state index is 9.57. The molecular weight excluding hydrogens is 174 g/mol. The zero-order chi connectivity index (χ0) is 15.7. The Morgan fingerprint density at radius 2 is 1.75 bits per heavy atom. The fourth-order valence-corrected chi connectivity index (χ4v) is 0.590. The molecule has 0 aromatic carbocycles. The highest BCUT2D eigenvalue weighted by atomic mass is 16.8. The minimum absolute atomic E-state index is 3.90. The van der Waals surface area contributed by atoms with Gasteiger partial charge in [-0.3, -0.25) is 0 Å². The van der Waals surface area contributed by atoms with Gasteiger partial charge in [0.2, 0.25) is 0 Å². The average molecular weight is 193 g/mol. The maximum absolute atomic E-state index is 9.57. The molecule has 0 aliphatic carbocycles. The average Bonchev–Trinajstić information content (AvgIpc) is 2.12. The fraction of sp³-hybridized carbons (Fsp3) is 1.00. The van der Waals surface area contributed by atoms with Crippen LogP contribution in [-0.2, 0) is 4.74 Å². The summed E-state index contributed by atoms with van der Waals surface area (Å²) in [6.45, 7) is -3.93. The van der Waals surface area contributed by atoms with E-state index in [4.69, 9.17) is 14.7 Å². The molecule has 0 spiro atoms. The lowest BCUT2D eigenvalue weighted by molar-refractivity contribution is -0.286. The van der Waals surface area contributed by atoms with Crippen molar-refractivity contribution in [2.75, 3.05) is 6.56 Å². The third kappa shape index (κ3) is 1.58. The Morgan fingerprint density at radius 1 is 1.17 bits per heavy atom. The number of ether oxygens (including phenoxy) is 1. The van der Waals surface area contributed by atoms with Crippen LogP contribution in [-0.4, -0.2) is 62.7 Å². The lowest BCUT2D eigenvalue weighted by Gasteiger charge is -2.37. The van der Waals surface area contributed by atoms with Crippen molar-refractivity contribution in [1.29, 1.82) is 0 Å². The van der Waals surface area contributed by atoms with Gasteiger partial charge in [0.1, 0.15) is 24.3 Å². The highest BCUT2D eigenvalue weighted by Gasteiger charge is 2.42. The van der Waals surface area contributed by atoms with Crippen molar-refractivity contribution >= 4 is 0 Å². The standard InChI is InChI=1S/C6H12O6/c7-1-2-3(8)4(9)5(10)6(11)12-2/h2-11H,1H2/t2?,3-,4+,5?,6-/m1/s1/i1+1D2,2+1D,3+1D,4+1D,5+1D,6+1D. The second-order valence-corrected chi connectivity index (χ2v) is 1.89. The predicted octanol–water partition coefficient (Wildman–Crippen LogP) is -3.22. The van der Waals surface area contributed by atoms with Crippen molar-refractivity contribution in [1.82, 2.24) is 0 Å². The summed E-state index contributed by atoms with van der Waals surface area (Å²) < 4.78 is 53.4. The van der Waals surface area contributed by atoms with Crippen molar-refractivity contribution in [3.05, 3.63) is 0 Å². The van der Waals surface area contributed by atoms with Crippen molar-refractivity contribution in [3.8, 4) is 0 Å². The molecule has 6 nitrogen and oxygen atoms in total. The summed E-state index contributed by atoms with van der Waals surface area (Å²) in [6.07, 6.45) is -20.3. The lowest BCUT2D eigenvalue weighted by atomic mass is 10.9. The van der Waals surface area contributed by atoms with Crippen LogP contribution in [0.15, 0.2) is 0 Å². The van der Waals surface area contributed by atoms with Gasteiger partial charge in [-0.15, -0.1) is 0 Å². The van der Waals surface area contributed by atoms with E-state index in [1.165, 1.54) is 0 Å². The Balaban J connectivity index is 3.60. The number of aliphatic hydroxyl groups is 5. The maximum Gasteiger partial charge on any atom is 0.184 e. The molecule has 1 fully saturated rings. The van der Waals surface area contributed by atoms with Gasteiger partial charge < -0.3 is 30.3 Å². The van der Waals surface area contributed by atoms with Crippen LogP contribution >= 0.6 is 0 Å². The van der Waals surface area contributed by atoms with Crippen LogP contribution in [0.5, 0.6) is 0 Å². The molecule has 1 aliphatic rings. The molecule has 0 amide bonds. The quantitative estimate of drug-likeness (QED) is 0.280. The summed E-state index contributed by atoms with van der Waals surface area (Å²) in [5, 5.41) is 46.8. The van der Waals surface area contributed by atoms with Gasteiger partial charge in [0, 0.05) is 0 Å². The number of hydrogen-bond donors (Lipinski definition) is 5. The van der Waals surface area contributed by atoms with Gasteiger partial charge >= 0.3 is 0 Å². The number of rotatable bonds is 1. The molecule has 1 aliphatic heterocycles. The van der Waals surface area contributed by atoms with Gasteiger partial charge in [0.25, 0.3) is 0 Å². The molecule has 1 rings (SSSR count). The molecule has 5 atom stereocenters. The Morgan fingerprint density at radius 3 is 2.25 bits per heavy atom. The van der Waals surface area contributed by atoms with Gasteiger partial charge in [-0.2, -0.15) is 0 Å². The van der Waals surface area contributed by atoms with Gasteiger partial charge in [-0.05, 0) is 0 Å². The first-order chi connectivity index (χ1) is 7.96. The van der Waals surface area contributed by atoms with E-state index in [0.717, 1.165) is 0 Å². The first kappa shape index (κ1) is 3.87. The van der Waals surface area contributed by atoms with E-state index in [1.807, 2.05) is 0 Å². The Bertz CT molecular complexity index is 390. The molecule has 0 radical (unpaired) electrons. The van der Waals surface area contributed by atoms with E-state index in [0.29, 0.717) is 0 Å². The molecule has 0 saturated carbocycles. The Hall–Kier alpha value is -0.240. The van der Waals surface area contributed by atoms with Crippen LogP contribution in [0.3, 0.4) is 0 Å². The predicted molar refractivity (Wildman–Crippen MR) is 36.0 cm³/mol. The second kappa shape index (κ2) is 3.65. The minimum Gasteiger partial charge on any atom is -0.394 e. The minimum atomic E-state index is -4.16. The molecular formula is C6H12O6. The van der Waals surface area contributed by atoms with E-state index >= 15 is 0 Å². The van der Waals surface area contributed by atoms with Crippen LogP contribution in [0.1, 0.15) is 9.60 Å². The fourth-order valence-electron chi connectivity index (χ4n) is 0.590. The molecule has 5 N–H and O–H groups in total. The van der Waals surface area contributed by atoms with E-state index in [1.54, 1.807) is 0 Å². The molecule has 0 bridgehead atoms. The molecule has 2 unspecified atom stereocenters. The third-order valence-corrected chi connectivity index (χ3v) is 1.17. The lowest BCUT2D eigenvalue weighted by Crippen LogP contribution is -2.58. The van der Waals surface area contributed by atoms with Crippen LogP contribution in [0.2, 0.25) is 0 Å². The van der Waals surface area contributed by atoms with E-state index in [2.05, 4.69) is 4.74 Å². The smallest absolute Gasteiger partial charge is 0.184 e. The summed E-state index contributed by atoms with van der Waals surface area (Å²) >= 11 is 0. The third-order valence-electron chi connectivity index (χ3n) is 1.17. The summed E-state index contributed by atoms with van der Waals surface area (Å²) in [5.74, 6) is 0. The zero-order valence-electron chi connectivity index (χ0n) is 12.6. The van der Waals surface area contributed by atoms with Gasteiger partial charge in [-0.1, -0.05) is 0 Å². The van der Waals surface area contributed by atoms with Crippen molar-refractivity contribution in [2.24, 2.45) is 0 Å². The molecule has 0 aromatic rings. The summed E-state index contributed by atoms with van der Waals surface area (Å²) in [4.78, 5) is 0. The number of hydrogen-bond acceptors (Lipinski definition) is 6. The Labute approximate surface area is 78.5 Å². The monoisotopic (exact) mass is 193 g/mol. The highest BCUT2D eigenvalue weighted by molar-refractivity contribution is 4.87. The summed E-state index contributed by atoms with van der Waals surface area (Å²) in [5.41, 5.74) is 0. The molecule has 6 heteroatoms. The van der Waals surface area contributed by atoms with Gasteiger partial charge in [0.15, 0.2) is 6.27 Å². The van der Waals surface area contributed by atoms with Gasteiger partial charge in [-0.25, -0.2) is 0 Å². The van der Waals surface area contributed by atoms with Gasteiger partial charge in [0.05, 0.1) is 16.2 Å². The van der Waals surface area contributed by atoms with Crippen LogP contribution in [0, 0.1) is 0 Å². The highest BCUT2D eigenvalue weighted by Crippen LogP contribution is 2.18. The van der Waals surface area contributed by atoms with Crippen molar-refractivity contribution < 1.29 is 39.9 Å². The van der Waals surface area contributed by atoms with E-state index in [9.17, 15) is 20.4 Å². The largest absolute Gasteiger partial charge is 0.394 e. The van der Waals surface area contributed by atoms with E-state index in [-0.39, 0.29) is 0 Å². The van der Waals surface area contributed by atoms with Crippen LogP contribution in [0.25, 0.3) is 0 Å². The molecule has 12 heavy (non-hydrogen) atoms. The summed E-state index contributed by atoms with van der Waals surface area (Å²) in [6, 6.07) is 0. The van der Waals surface area contributed by atoms with Crippen LogP contribution < -0.4 is 0 Å². The van der Waals surface area contributed by atoms with E-state index < -0.39 is 37.1 Å². The molecule has 0 aromatic heterocycles. The Kier molecular flexibility index (Phi) is 1.18. The van der Waals surface area contributed by atoms with Crippen molar-refractivity contribution in [3.63, 3.8) is 0 Å². The first-order valence-corrected chi connectivity index (χ1v) is 2.78. The van der Waals surface area contributed by atoms with Crippen molar-refractivity contribution in [2.45, 2.75) is 30.6 Å². The first-order valence-electron chi connectivity index (χ1n) is 6.28. The molecule has 1 heterocycles. The van der Waals surface area contributed by atoms with Crippen LogP contribution in [0.4, 0.5) is 0 Å². The normalized spacial score (nSPS) is 89.6.